The van der Waals surface area contributed by atoms with E-state index < -0.39 is 5.54 Å². The summed E-state index contributed by atoms with van der Waals surface area (Å²) in [5.41, 5.74) is 6.95. The summed E-state index contributed by atoms with van der Waals surface area (Å²) in [5, 5.41) is 0. The van der Waals surface area contributed by atoms with Gasteiger partial charge in [-0.15, -0.1) is 0 Å². The summed E-state index contributed by atoms with van der Waals surface area (Å²) in [5.74, 6) is 0.293. The van der Waals surface area contributed by atoms with Crippen molar-refractivity contribution < 1.29 is 0 Å². The zero-order chi connectivity index (χ0) is 20.4. The van der Waals surface area contributed by atoms with Gasteiger partial charge in [-0.3, -0.25) is 9.79 Å². The third-order valence-electron chi connectivity index (χ3n) is 6.17. The van der Waals surface area contributed by atoms with Crippen molar-refractivity contribution in [3.05, 3.63) is 98.5 Å². The second-order valence-corrected chi connectivity index (χ2v) is 8.01. The largest absolute Gasteiger partial charge is 0.326 e. The van der Waals surface area contributed by atoms with E-state index in [0.29, 0.717) is 5.92 Å². The molecule has 148 valence electrons. The number of allylic oxidation sites excluding steroid dienone is 3. The number of rotatable bonds is 4. The van der Waals surface area contributed by atoms with Crippen LogP contribution in [0.25, 0.3) is 6.08 Å². The van der Waals surface area contributed by atoms with Gasteiger partial charge in [-0.1, -0.05) is 55.0 Å². The van der Waals surface area contributed by atoms with Crippen molar-refractivity contribution in [3.63, 3.8) is 0 Å². The Kier molecular flexibility index (Phi) is 5.23. The van der Waals surface area contributed by atoms with E-state index in [1.165, 1.54) is 22.3 Å². The van der Waals surface area contributed by atoms with Crippen LogP contribution >= 0.6 is 0 Å². The lowest BCUT2D eigenvalue weighted by Gasteiger charge is -2.45. The van der Waals surface area contributed by atoms with Crippen LogP contribution in [0.5, 0.6) is 0 Å². The molecule has 1 aromatic heterocycles. The maximum atomic E-state index is 11.9. The molecule has 0 saturated carbocycles. The highest BCUT2D eigenvalue weighted by atomic mass is 16.1. The molecule has 3 nitrogen and oxygen atoms in total. The van der Waals surface area contributed by atoms with Gasteiger partial charge in [-0.25, -0.2) is 0 Å². The molecule has 4 rings (SSSR count). The Morgan fingerprint density at radius 3 is 2.86 bits per heavy atom. The van der Waals surface area contributed by atoms with Crippen LogP contribution in [0.3, 0.4) is 0 Å². The smallest absolute Gasteiger partial charge is 0.248 e. The number of benzene rings is 1. The molecule has 2 aliphatic rings. The maximum Gasteiger partial charge on any atom is 0.248 e. The number of pyridine rings is 1. The second kappa shape index (κ2) is 7.82. The van der Waals surface area contributed by atoms with Gasteiger partial charge >= 0.3 is 0 Å². The van der Waals surface area contributed by atoms with E-state index in [0.717, 1.165) is 30.5 Å². The highest BCUT2D eigenvalue weighted by Crippen LogP contribution is 2.51. The lowest BCUT2D eigenvalue weighted by Crippen LogP contribution is -2.40. The van der Waals surface area contributed by atoms with Gasteiger partial charge in [0, 0.05) is 35.9 Å². The normalized spacial score (nSPS) is 24.9. The molecular formula is C26H28N2O. The average molecular weight is 385 g/mol. The van der Waals surface area contributed by atoms with Gasteiger partial charge in [0.2, 0.25) is 5.56 Å². The number of fused-ring (bicyclic) bond motifs is 4. The molecule has 1 heterocycles. The van der Waals surface area contributed by atoms with E-state index in [1.807, 2.05) is 18.4 Å². The number of hydrogen-bond donors (Lipinski definition) is 1. The third-order valence-corrected chi connectivity index (χ3v) is 6.17. The minimum Gasteiger partial charge on any atom is -0.326 e. The van der Waals surface area contributed by atoms with Crippen LogP contribution in [0, 0.1) is 5.92 Å². The number of aryl methyl sites for hydroxylation is 1. The van der Waals surface area contributed by atoms with Crippen LogP contribution in [0.4, 0.5) is 0 Å². The summed E-state index contributed by atoms with van der Waals surface area (Å²) in [6.45, 7) is 6.47. The van der Waals surface area contributed by atoms with E-state index in [2.05, 4.69) is 68.2 Å². The van der Waals surface area contributed by atoms with Crippen LogP contribution in [0.2, 0.25) is 0 Å². The predicted octanol–water partition coefficient (Wildman–Crippen LogP) is 5.39. The standard InChI is InChI=1S/C26H28N2O/c1-4-19-9-6-7-10-20(19)11-8-14-27-26-17-18(3)15-21(22(26)5-2)16-24-23(26)12-13-25(29)28-24/h5-15,21H,4,16-17H2,1-3H3,(H,28,29)/t21-,26+/m0/s1. The molecule has 0 saturated heterocycles. The lowest BCUT2D eigenvalue weighted by molar-refractivity contribution is 0.413. The average Bonchev–Trinajstić information content (AvgIpc) is 2.70. The van der Waals surface area contributed by atoms with Crippen molar-refractivity contribution in [3.8, 4) is 0 Å². The Hall–Kier alpha value is -2.94. The first-order valence-electron chi connectivity index (χ1n) is 10.4. The van der Waals surface area contributed by atoms with Crippen molar-refractivity contribution in [1.29, 1.82) is 0 Å². The van der Waals surface area contributed by atoms with Crippen molar-refractivity contribution >= 4 is 12.3 Å². The fourth-order valence-electron chi connectivity index (χ4n) is 4.99. The summed E-state index contributed by atoms with van der Waals surface area (Å²) in [6.07, 6.45) is 13.4. The number of aliphatic imine (C=N–C) groups is 1. The van der Waals surface area contributed by atoms with Gasteiger partial charge in [-0.2, -0.15) is 0 Å². The molecule has 0 spiro atoms. The van der Waals surface area contributed by atoms with Crippen LogP contribution in [-0.4, -0.2) is 11.2 Å². The summed E-state index contributed by atoms with van der Waals surface area (Å²) < 4.78 is 0. The minimum atomic E-state index is -0.426. The Balaban J connectivity index is 1.77. The number of aromatic amines is 1. The molecule has 0 fully saturated rings. The molecular weight excluding hydrogens is 356 g/mol. The molecule has 2 atom stereocenters. The molecule has 2 aliphatic carbocycles. The van der Waals surface area contributed by atoms with Gasteiger partial charge in [0.25, 0.3) is 0 Å². The zero-order valence-electron chi connectivity index (χ0n) is 17.4. The summed E-state index contributed by atoms with van der Waals surface area (Å²) in [7, 11) is 0. The highest BCUT2D eigenvalue weighted by Gasteiger charge is 2.46. The number of nitrogens with one attached hydrogen (secondary N) is 1. The van der Waals surface area contributed by atoms with Crippen LogP contribution in [-0.2, 0) is 18.4 Å². The molecule has 0 unspecified atom stereocenters. The zero-order valence-corrected chi connectivity index (χ0v) is 17.4. The monoisotopic (exact) mass is 384 g/mol. The van der Waals surface area contributed by atoms with E-state index >= 15 is 0 Å². The Morgan fingerprint density at radius 1 is 1.24 bits per heavy atom. The predicted molar refractivity (Wildman–Crippen MR) is 121 cm³/mol. The first-order valence-corrected chi connectivity index (χ1v) is 10.4. The molecule has 29 heavy (non-hydrogen) atoms. The third kappa shape index (κ3) is 3.46. The summed E-state index contributed by atoms with van der Waals surface area (Å²) in [6, 6.07) is 12.1. The molecule has 0 amide bonds. The van der Waals surface area contributed by atoms with Crippen molar-refractivity contribution in [2.45, 2.75) is 45.6 Å². The van der Waals surface area contributed by atoms with E-state index in [1.54, 1.807) is 6.07 Å². The van der Waals surface area contributed by atoms with Crippen LogP contribution < -0.4 is 5.56 Å². The second-order valence-electron chi connectivity index (χ2n) is 8.01. The highest BCUT2D eigenvalue weighted by molar-refractivity contribution is 5.80. The minimum absolute atomic E-state index is 0.0401. The maximum absolute atomic E-state index is 11.9. The Morgan fingerprint density at radius 2 is 2.07 bits per heavy atom. The van der Waals surface area contributed by atoms with Crippen molar-refractivity contribution in [2.75, 3.05) is 0 Å². The van der Waals surface area contributed by atoms with Gasteiger partial charge in [0.05, 0.1) is 0 Å². The number of hydrogen-bond acceptors (Lipinski definition) is 2. The molecule has 2 bridgehead atoms. The molecule has 3 heteroatoms. The van der Waals surface area contributed by atoms with E-state index in [4.69, 9.17) is 4.99 Å². The fourth-order valence-corrected chi connectivity index (χ4v) is 4.99. The molecule has 1 N–H and O–H groups in total. The van der Waals surface area contributed by atoms with E-state index in [9.17, 15) is 4.79 Å². The SMILES string of the molecule is CC=C1[C@H]2C=C(C)C[C@]1(N=CC=Cc1ccccc1CC)c1ccc(=O)[nH]c1C2. The molecule has 0 radical (unpaired) electrons. The fraction of sp³-hybridized carbons (Fsp3) is 0.308. The molecule has 1 aromatic carbocycles. The Bertz CT molecular complexity index is 1100. The van der Waals surface area contributed by atoms with Gasteiger partial charge in [0.15, 0.2) is 0 Å². The first-order chi connectivity index (χ1) is 14.1. The van der Waals surface area contributed by atoms with Gasteiger partial charge < -0.3 is 4.98 Å². The molecule has 0 aliphatic heterocycles. The lowest BCUT2D eigenvalue weighted by atomic mass is 9.63. The van der Waals surface area contributed by atoms with Crippen molar-refractivity contribution in [1.82, 2.24) is 4.98 Å². The topological polar surface area (TPSA) is 45.2 Å². The van der Waals surface area contributed by atoms with Crippen LogP contribution in [0.1, 0.15) is 49.6 Å². The van der Waals surface area contributed by atoms with Gasteiger partial charge in [-0.05, 0) is 55.5 Å². The summed E-state index contributed by atoms with van der Waals surface area (Å²) in [4.78, 5) is 20.1. The van der Waals surface area contributed by atoms with Gasteiger partial charge in [0.1, 0.15) is 5.54 Å². The number of nitrogens with zero attached hydrogens (tertiary/aromatic N) is 1. The van der Waals surface area contributed by atoms with Crippen molar-refractivity contribution in [2.24, 2.45) is 10.9 Å². The van der Waals surface area contributed by atoms with Crippen LogP contribution in [0.15, 0.2) is 75.6 Å². The summed E-state index contributed by atoms with van der Waals surface area (Å²) >= 11 is 0. The number of H-pyrrole nitrogens is 1. The molecule has 2 aromatic rings. The Labute approximate surface area is 172 Å². The van der Waals surface area contributed by atoms with E-state index in [-0.39, 0.29) is 5.56 Å². The number of aromatic nitrogens is 1. The quantitative estimate of drug-likeness (QED) is 0.558. The first kappa shape index (κ1) is 19.4.